The van der Waals surface area contributed by atoms with Crippen LogP contribution in [0.1, 0.15) is 30.8 Å². The predicted molar refractivity (Wildman–Crippen MR) is 134 cm³/mol. The zero-order chi connectivity index (χ0) is 24.9. The van der Waals surface area contributed by atoms with Gasteiger partial charge in [0, 0.05) is 31.1 Å². The second kappa shape index (κ2) is 10.5. The number of carbonyl (C=O) groups excluding carboxylic acids is 2. The minimum Gasteiger partial charge on any atom is -0.493 e. The molecule has 1 aromatic carbocycles. The van der Waals surface area contributed by atoms with Crippen molar-refractivity contribution in [2.24, 2.45) is 0 Å². The third kappa shape index (κ3) is 4.96. The monoisotopic (exact) mass is 481 g/mol. The molecule has 10 heteroatoms. The molecule has 1 saturated heterocycles. The average Bonchev–Trinajstić information content (AvgIpc) is 3.49. The Morgan fingerprint density at radius 2 is 1.97 bits per heavy atom. The van der Waals surface area contributed by atoms with Crippen LogP contribution in [-0.4, -0.2) is 66.4 Å². The van der Waals surface area contributed by atoms with Gasteiger partial charge in [-0.1, -0.05) is 0 Å². The number of aryl methyl sites for hydroxylation is 1. The zero-order valence-corrected chi connectivity index (χ0v) is 20.5. The van der Waals surface area contributed by atoms with E-state index in [9.17, 15) is 9.59 Å². The molecule has 0 unspecified atom stereocenters. The summed E-state index contributed by atoms with van der Waals surface area (Å²) in [5, 5.41) is 7.07. The third-order valence-electron chi connectivity index (χ3n) is 6.06. The highest BCUT2D eigenvalue weighted by Gasteiger charge is 2.27. The topological polar surface area (TPSA) is 107 Å². The van der Waals surface area contributed by atoms with Gasteiger partial charge in [0.1, 0.15) is 11.5 Å². The van der Waals surface area contributed by atoms with E-state index in [0.717, 1.165) is 17.3 Å². The van der Waals surface area contributed by atoms with Crippen LogP contribution in [0.25, 0.3) is 10.9 Å². The maximum absolute atomic E-state index is 13.1. The molecule has 186 valence electrons. The van der Waals surface area contributed by atoms with E-state index in [1.165, 1.54) is 0 Å². The highest BCUT2D eigenvalue weighted by molar-refractivity contribution is 6.07. The van der Waals surface area contributed by atoms with Crippen molar-refractivity contribution in [2.75, 3.05) is 44.5 Å². The predicted octanol–water partition coefficient (Wildman–Crippen LogP) is 3.97. The number of likely N-dealkylation sites (tertiary alicyclic amines) is 1. The maximum Gasteiger partial charge on any atom is 0.409 e. The molecule has 0 bridgehead atoms. The molecule has 2 amide bonds. The fourth-order valence-electron chi connectivity index (χ4n) is 4.40. The Labute approximate surface area is 204 Å². The first kappa shape index (κ1) is 24.2. The first-order valence-electron chi connectivity index (χ1n) is 11.7. The number of rotatable bonds is 8. The maximum atomic E-state index is 13.1. The summed E-state index contributed by atoms with van der Waals surface area (Å²) in [5.41, 5.74) is 1.99. The molecule has 1 aliphatic rings. The van der Waals surface area contributed by atoms with Gasteiger partial charge in [0.05, 0.1) is 38.2 Å². The Kier molecular flexibility index (Phi) is 7.28. The molecular formula is C25H31N5O5. The number of hydrogen-bond donors (Lipinski definition) is 2. The molecule has 0 saturated carbocycles. The lowest BCUT2D eigenvalue weighted by atomic mass is 10.2. The Morgan fingerprint density at radius 1 is 1.14 bits per heavy atom. The highest BCUT2D eigenvalue weighted by atomic mass is 16.6. The summed E-state index contributed by atoms with van der Waals surface area (Å²) < 4.78 is 17.9. The molecule has 0 spiro atoms. The molecule has 1 fully saturated rings. The average molecular weight is 482 g/mol. The van der Waals surface area contributed by atoms with Gasteiger partial charge in [-0.05, 0) is 50.6 Å². The number of nitrogens with one attached hydrogen (secondary N) is 2. The van der Waals surface area contributed by atoms with Crippen molar-refractivity contribution in [1.29, 1.82) is 0 Å². The lowest BCUT2D eigenvalue weighted by Gasteiger charge is -2.16. The largest absolute Gasteiger partial charge is 0.493 e. The van der Waals surface area contributed by atoms with Gasteiger partial charge in [-0.15, -0.1) is 0 Å². The minimum atomic E-state index is -0.289. The number of aromatic nitrogens is 2. The van der Waals surface area contributed by atoms with E-state index in [0.29, 0.717) is 54.9 Å². The van der Waals surface area contributed by atoms with Crippen molar-refractivity contribution in [3.05, 3.63) is 42.2 Å². The second-order valence-corrected chi connectivity index (χ2v) is 8.17. The Morgan fingerprint density at radius 3 is 2.63 bits per heavy atom. The molecule has 3 heterocycles. The minimum absolute atomic E-state index is 0.0968. The third-order valence-corrected chi connectivity index (χ3v) is 6.06. The summed E-state index contributed by atoms with van der Waals surface area (Å²) in [7, 11) is 3.17. The first-order valence-corrected chi connectivity index (χ1v) is 11.7. The highest BCUT2D eigenvalue weighted by Crippen LogP contribution is 2.37. The van der Waals surface area contributed by atoms with Crippen molar-refractivity contribution < 1.29 is 23.8 Å². The number of ether oxygens (including phenoxy) is 3. The number of benzene rings is 1. The van der Waals surface area contributed by atoms with E-state index >= 15 is 0 Å². The van der Waals surface area contributed by atoms with Crippen LogP contribution in [0.4, 0.5) is 16.3 Å². The van der Waals surface area contributed by atoms with Gasteiger partial charge in [-0.25, -0.2) is 9.78 Å². The molecule has 1 atom stereocenters. The molecule has 0 aliphatic carbocycles. The number of anilines is 2. The molecule has 2 N–H and O–H groups in total. The first-order chi connectivity index (χ1) is 17.0. The molecule has 2 aromatic heterocycles. The van der Waals surface area contributed by atoms with Crippen molar-refractivity contribution >= 4 is 34.4 Å². The van der Waals surface area contributed by atoms with Gasteiger partial charge >= 0.3 is 6.09 Å². The van der Waals surface area contributed by atoms with Crippen LogP contribution in [0.15, 0.2) is 36.5 Å². The van der Waals surface area contributed by atoms with Crippen LogP contribution in [0.5, 0.6) is 11.5 Å². The Hall–Kier alpha value is -3.95. The fourth-order valence-corrected chi connectivity index (χ4v) is 4.40. The normalized spacial score (nSPS) is 15.2. The molecule has 0 radical (unpaired) electrons. The summed E-state index contributed by atoms with van der Waals surface area (Å²) in [6.45, 7) is 5.97. The van der Waals surface area contributed by atoms with Crippen LogP contribution in [0, 0.1) is 0 Å². The van der Waals surface area contributed by atoms with Crippen molar-refractivity contribution in [3.63, 3.8) is 0 Å². The standard InChI is InChI=1S/C25H31N5O5/c1-5-30-19-8-9-21(33-3)23(34-4)18(19)13-20(30)24(31)28-16-7-10-22(26-14-16)27-17-11-12-29(15-17)25(32)35-6-2/h7-10,13-14,17H,5-6,11-12,15H2,1-4H3,(H,26,27)(H,28,31)/t17-/m0/s1. The molecule has 4 rings (SSSR count). The van der Waals surface area contributed by atoms with Gasteiger partial charge in [0.2, 0.25) is 0 Å². The quantitative estimate of drug-likeness (QED) is 0.501. The van der Waals surface area contributed by atoms with Gasteiger partial charge in [-0.2, -0.15) is 0 Å². The van der Waals surface area contributed by atoms with Crippen LogP contribution in [0.3, 0.4) is 0 Å². The van der Waals surface area contributed by atoms with Crippen molar-refractivity contribution in [1.82, 2.24) is 14.5 Å². The molecule has 3 aromatic rings. The smallest absolute Gasteiger partial charge is 0.409 e. The van der Waals surface area contributed by atoms with E-state index in [4.69, 9.17) is 14.2 Å². The number of fused-ring (bicyclic) bond motifs is 1. The van der Waals surface area contributed by atoms with Gasteiger partial charge in [-0.3, -0.25) is 4.79 Å². The Bertz CT molecular complexity index is 1210. The van der Waals surface area contributed by atoms with Crippen LogP contribution in [0.2, 0.25) is 0 Å². The lowest BCUT2D eigenvalue weighted by Crippen LogP contribution is -2.32. The number of carbonyl (C=O) groups is 2. The van der Waals surface area contributed by atoms with E-state index in [2.05, 4.69) is 15.6 Å². The molecule has 35 heavy (non-hydrogen) atoms. The van der Waals surface area contributed by atoms with Crippen LogP contribution in [-0.2, 0) is 11.3 Å². The SMILES string of the molecule is CCOC(=O)N1CC[C@H](Nc2ccc(NC(=O)c3cc4c(OC)c(OC)ccc4n3CC)cn2)C1. The van der Waals surface area contributed by atoms with Gasteiger partial charge < -0.3 is 34.3 Å². The van der Waals surface area contributed by atoms with E-state index in [-0.39, 0.29) is 18.0 Å². The van der Waals surface area contributed by atoms with Gasteiger partial charge in [0.15, 0.2) is 11.5 Å². The number of methoxy groups -OCH3 is 2. The number of pyridine rings is 1. The fraction of sp³-hybridized carbons (Fsp3) is 0.400. The summed E-state index contributed by atoms with van der Waals surface area (Å²) in [5.74, 6) is 1.64. The van der Waals surface area contributed by atoms with Crippen molar-refractivity contribution in [2.45, 2.75) is 32.9 Å². The lowest BCUT2D eigenvalue weighted by molar-refractivity contribution is 0.101. The summed E-state index contributed by atoms with van der Waals surface area (Å²) in [4.78, 5) is 31.1. The van der Waals surface area contributed by atoms with Crippen LogP contribution < -0.4 is 20.1 Å². The second-order valence-electron chi connectivity index (χ2n) is 8.17. The van der Waals surface area contributed by atoms with Crippen LogP contribution >= 0.6 is 0 Å². The Balaban J connectivity index is 1.45. The summed E-state index contributed by atoms with van der Waals surface area (Å²) in [6, 6.07) is 9.28. The van der Waals surface area contributed by atoms with Gasteiger partial charge in [0.25, 0.3) is 5.91 Å². The van der Waals surface area contributed by atoms with E-state index in [1.807, 2.05) is 35.8 Å². The number of amides is 2. The van der Waals surface area contributed by atoms with Crippen molar-refractivity contribution in [3.8, 4) is 11.5 Å². The molecule has 10 nitrogen and oxygen atoms in total. The number of hydrogen-bond acceptors (Lipinski definition) is 7. The van der Waals surface area contributed by atoms with E-state index < -0.39 is 0 Å². The summed E-state index contributed by atoms with van der Waals surface area (Å²) in [6.07, 6.45) is 2.14. The summed E-state index contributed by atoms with van der Waals surface area (Å²) >= 11 is 0. The zero-order valence-electron chi connectivity index (χ0n) is 20.5. The molecular weight excluding hydrogens is 450 g/mol. The van der Waals surface area contributed by atoms with E-state index in [1.54, 1.807) is 38.3 Å². The number of nitrogens with zero attached hydrogens (tertiary/aromatic N) is 3. The molecule has 1 aliphatic heterocycles.